The maximum Gasteiger partial charge on any atom is 0.407 e. The molecule has 7 heteroatoms. The maximum absolute atomic E-state index is 11.3. The van der Waals surface area contributed by atoms with Crippen molar-refractivity contribution in [3.8, 4) is 0 Å². The van der Waals surface area contributed by atoms with Crippen molar-refractivity contribution in [3.63, 3.8) is 0 Å². The summed E-state index contributed by atoms with van der Waals surface area (Å²) in [7, 11) is 0. The molecule has 1 amide bonds. The molecule has 2 saturated heterocycles. The van der Waals surface area contributed by atoms with Crippen molar-refractivity contribution in [1.82, 2.24) is 19.8 Å². The smallest absolute Gasteiger partial charge is 0.407 e. The van der Waals surface area contributed by atoms with E-state index in [9.17, 15) is 9.90 Å². The number of hydrogen-bond acceptors (Lipinski definition) is 4. The van der Waals surface area contributed by atoms with E-state index in [0.29, 0.717) is 12.5 Å². The monoisotopic (exact) mass is 296 g/mol. The fourth-order valence-electron chi connectivity index (χ4n) is 3.31. The molecule has 1 N–H and O–H groups in total. The highest BCUT2D eigenvalue weighted by Gasteiger charge is 2.40. The van der Waals surface area contributed by atoms with Crippen LogP contribution in [0.1, 0.15) is 18.4 Å². The van der Waals surface area contributed by atoms with E-state index >= 15 is 0 Å². The summed E-state index contributed by atoms with van der Waals surface area (Å²) in [4.78, 5) is 23.1. The Morgan fingerprint density at radius 2 is 2.15 bits per heavy atom. The van der Waals surface area contributed by atoms with E-state index in [1.54, 1.807) is 17.3 Å². The molecule has 1 aromatic rings. The number of carbonyl (C=O) groups is 1. The second-order valence-electron chi connectivity index (χ2n) is 5.50. The number of amides is 1. The second kappa shape index (κ2) is 5.54. The average molecular weight is 297 g/mol. The van der Waals surface area contributed by atoms with Crippen molar-refractivity contribution in [3.05, 3.63) is 23.2 Å². The van der Waals surface area contributed by atoms with Gasteiger partial charge in [-0.05, 0) is 30.4 Å². The van der Waals surface area contributed by atoms with Gasteiger partial charge in [0.05, 0.1) is 6.04 Å². The van der Waals surface area contributed by atoms with Gasteiger partial charge in [0.1, 0.15) is 0 Å². The van der Waals surface area contributed by atoms with Crippen LogP contribution in [0.4, 0.5) is 4.79 Å². The van der Waals surface area contributed by atoms with Crippen LogP contribution in [0.25, 0.3) is 0 Å². The molecular weight excluding hydrogens is 280 g/mol. The van der Waals surface area contributed by atoms with Gasteiger partial charge in [0.25, 0.3) is 0 Å². The van der Waals surface area contributed by atoms with Gasteiger partial charge in [-0.2, -0.15) is 0 Å². The van der Waals surface area contributed by atoms with E-state index in [1.165, 1.54) is 0 Å². The molecule has 3 heterocycles. The predicted molar refractivity (Wildman–Crippen MR) is 73.6 cm³/mol. The number of rotatable bonds is 2. The van der Waals surface area contributed by atoms with E-state index in [0.717, 1.165) is 38.0 Å². The van der Waals surface area contributed by atoms with Crippen molar-refractivity contribution in [2.75, 3.05) is 19.6 Å². The van der Waals surface area contributed by atoms with Crippen LogP contribution in [-0.4, -0.2) is 56.6 Å². The van der Waals surface area contributed by atoms with Crippen molar-refractivity contribution in [1.29, 1.82) is 0 Å². The van der Waals surface area contributed by atoms with Gasteiger partial charge in [-0.15, -0.1) is 0 Å². The minimum atomic E-state index is -0.795. The molecule has 0 aromatic carbocycles. The standard InChI is InChI=1S/C13H17ClN4O2/c14-12-15-4-9(5-16-12)6-17-7-10-2-1-3-18(13(19)20)11(10)8-17/h4-5,10-11H,1-3,6-8H2,(H,19,20)/t10-,11+/m1/s1. The van der Waals surface area contributed by atoms with Crippen LogP contribution in [0.2, 0.25) is 5.28 Å². The summed E-state index contributed by atoms with van der Waals surface area (Å²) in [5, 5.41) is 9.52. The fraction of sp³-hybridized carbons (Fsp3) is 0.615. The lowest BCUT2D eigenvalue weighted by Gasteiger charge is -2.34. The van der Waals surface area contributed by atoms with Crippen LogP contribution in [0.3, 0.4) is 0 Å². The first-order valence-corrected chi connectivity index (χ1v) is 7.19. The molecule has 6 nitrogen and oxygen atoms in total. The molecule has 20 heavy (non-hydrogen) atoms. The highest BCUT2D eigenvalue weighted by Crippen LogP contribution is 2.31. The van der Waals surface area contributed by atoms with Gasteiger partial charge in [0.15, 0.2) is 0 Å². The molecule has 2 atom stereocenters. The van der Waals surface area contributed by atoms with Crippen molar-refractivity contribution < 1.29 is 9.90 Å². The largest absolute Gasteiger partial charge is 0.465 e. The maximum atomic E-state index is 11.3. The number of fused-ring (bicyclic) bond motifs is 1. The number of piperidine rings is 1. The predicted octanol–water partition coefficient (Wildman–Crippen LogP) is 1.70. The Bertz CT molecular complexity index is 496. The number of nitrogens with zero attached hydrogens (tertiary/aromatic N) is 4. The molecule has 3 rings (SSSR count). The second-order valence-corrected chi connectivity index (χ2v) is 5.84. The van der Waals surface area contributed by atoms with E-state index in [-0.39, 0.29) is 11.3 Å². The average Bonchev–Trinajstić information content (AvgIpc) is 2.83. The molecule has 2 fully saturated rings. The number of aromatic nitrogens is 2. The summed E-state index contributed by atoms with van der Waals surface area (Å²) in [6.45, 7) is 3.14. The highest BCUT2D eigenvalue weighted by molar-refractivity contribution is 6.28. The Morgan fingerprint density at radius 1 is 1.40 bits per heavy atom. The zero-order chi connectivity index (χ0) is 14.1. The third kappa shape index (κ3) is 2.71. The van der Waals surface area contributed by atoms with E-state index in [4.69, 9.17) is 11.6 Å². The van der Waals surface area contributed by atoms with Gasteiger partial charge in [-0.3, -0.25) is 4.90 Å². The molecule has 2 aliphatic heterocycles. The van der Waals surface area contributed by atoms with Gasteiger partial charge in [0, 0.05) is 44.1 Å². The molecule has 0 saturated carbocycles. The minimum Gasteiger partial charge on any atom is -0.465 e. The Hall–Kier alpha value is -1.40. The lowest BCUT2D eigenvalue weighted by molar-refractivity contribution is 0.0954. The minimum absolute atomic E-state index is 0.134. The highest BCUT2D eigenvalue weighted by atomic mass is 35.5. The Balaban J connectivity index is 1.66. The molecule has 2 aliphatic rings. The van der Waals surface area contributed by atoms with Crippen molar-refractivity contribution in [2.24, 2.45) is 5.92 Å². The number of halogens is 1. The van der Waals surface area contributed by atoms with E-state index in [1.807, 2.05) is 0 Å². The summed E-state index contributed by atoms with van der Waals surface area (Å²) >= 11 is 5.67. The Morgan fingerprint density at radius 3 is 2.85 bits per heavy atom. The first kappa shape index (κ1) is 13.6. The van der Waals surface area contributed by atoms with Crippen molar-refractivity contribution in [2.45, 2.75) is 25.4 Å². The molecule has 0 unspecified atom stereocenters. The quantitative estimate of drug-likeness (QED) is 0.841. The first-order valence-electron chi connectivity index (χ1n) is 6.82. The fourth-order valence-corrected chi connectivity index (χ4v) is 3.41. The third-order valence-corrected chi connectivity index (χ3v) is 4.38. The van der Waals surface area contributed by atoms with Gasteiger partial charge >= 0.3 is 6.09 Å². The molecule has 0 radical (unpaired) electrons. The number of hydrogen-bond donors (Lipinski definition) is 1. The lowest BCUT2D eigenvalue weighted by atomic mass is 9.92. The van der Waals surface area contributed by atoms with E-state index in [2.05, 4.69) is 14.9 Å². The van der Waals surface area contributed by atoms with Gasteiger partial charge in [-0.1, -0.05) is 0 Å². The zero-order valence-electron chi connectivity index (χ0n) is 11.1. The van der Waals surface area contributed by atoms with E-state index < -0.39 is 6.09 Å². The number of likely N-dealkylation sites (tertiary alicyclic amines) is 2. The van der Waals surface area contributed by atoms with Crippen LogP contribution in [0, 0.1) is 5.92 Å². The van der Waals surface area contributed by atoms with Gasteiger partial charge in [0.2, 0.25) is 5.28 Å². The zero-order valence-corrected chi connectivity index (χ0v) is 11.8. The lowest BCUT2D eigenvalue weighted by Crippen LogP contribution is -2.47. The summed E-state index contributed by atoms with van der Waals surface area (Å²) in [6, 6.07) is 0.134. The third-order valence-electron chi connectivity index (χ3n) is 4.18. The van der Waals surface area contributed by atoms with Gasteiger partial charge in [-0.25, -0.2) is 14.8 Å². The molecule has 0 spiro atoms. The molecule has 0 aliphatic carbocycles. The van der Waals surface area contributed by atoms with Crippen molar-refractivity contribution >= 4 is 17.7 Å². The van der Waals surface area contributed by atoms with Gasteiger partial charge < -0.3 is 10.0 Å². The molecule has 0 bridgehead atoms. The normalized spacial score (nSPS) is 26.6. The summed E-state index contributed by atoms with van der Waals surface area (Å²) in [5.74, 6) is 0.452. The van der Waals surface area contributed by atoms with Crippen LogP contribution in [-0.2, 0) is 6.54 Å². The Labute approximate surface area is 122 Å². The summed E-state index contributed by atoms with van der Waals surface area (Å²) in [6.07, 6.45) is 4.74. The van der Waals surface area contributed by atoms with Crippen LogP contribution in [0.15, 0.2) is 12.4 Å². The van der Waals surface area contributed by atoms with Crippen LogP contribution >= 0.6 is 11.6 Å². The van der Waals surface area contributed by atoms with Crippen LogP contribution in [0.5, 0.6) is 0 Å². The first-order chi connectivity index (χ1) is 9.63. The summed E-state index contributed by atoms with van der Waals surface area (Å²) in [5.41, 5.74) is 1.01. The SMILES string of the molecule is O=C(O)N1CCC[C@@H]2CN(Cc3cnc(Cl)nc3)C[C@@H]21. The summed E-state index contributed by atoms with van der Waals surface area (Å²) < 4.78 is 0. The molecule has 1 aromatic heterocycles. The molecule has 108 valence electrons. The van der Waals surface area contributed by atoms with Crippen LogP contribution < -0.4 is 0 Å². The Kier molecular flexibility index (Phi) is 3.76. The number of carboxylic acid groups (broad SMARTS) is 1. The topological polar surface area (TPSA) is 69.6 Å². The molecular formula is C13H17ClN4O2.